The zero-order chi connectivity index (χ0) is 25.3. The fourth-order valence-corrected chi connectivity index (χ4v) is 4.45. The number of aryl methyl sites for hydroxylation is 2. The molecule has 35 heavy (non-hydrogen) atoms. The number of nitrogens with zero attached hydrogens (tertiary/aromatic N) is 1. The molecule has 2 aromatic carbocycles. The number of anilines is 1. The molecule has 1 aliphatic rings. The van der Waals surface area contributed by atoms with Gasteiger partial charge >= 0.3 is 0 Å². The molecule has 1 N–H and O–H groups in total. The Morgan fingerprint density at radius 1 is 1.06 bits per heavy atom. The van der Waals surface area contributed by atoms with Crippen LogP contribution in [0.4, 0.5) is 5.69 Å². The minimum absolute atomic E-state index is 0.00258. The van der Waals surface area contributed by atoms with Crippen LogP contribution in [-0.2, 0) is 16.0 Å². The average Bonchev–Trinajstić information content (AvgIpc) is 3.39. The number of ketones is 1. The van der Waals surface area contributed by atoms with E-state index in [-0.39, 0.29) is 17.3 Å². The Morgan fingerprint density at radius 2 is 1.77 bits per heavy atom. The maximum atomic E-state index is 13.3. The highest BCUT2D eigenvalue weighted by Gasteiger charge is 2.48. The van der Waals surface area contributed by atoms with Crippen molar-refractivity contribution in [3.63, 3.8) is 0 Å². The summed E-state index contributed by atoms with van der Waals surface area (Å²) < 4.78 is 11.6. The first kappa shape index (κ1) is 24.3. The van der Waals surface area contributed by atoms with Crippen molar-refractivity contribution in [3.8, 4) is 5.75 Å². The lowest BCUT2D eigenvalue weighted by Gasteiger charge is -2.23. The van der Waals surface area contributed by atoms with E-state index in [2.05, 4.69) is 6.92 Å². The molecule has 0 radical (unpaired) electrons. The van der Waals surface area contributed by atoms with Gasteiger partial charge in [-0.2, -0.15) is 0 Å². The maximum Gasteiger partial charge on any atom is 0.300 e. The topological polar surface area (TPSA) is 80.0 Å². The highest BCUT2D eigenvalue weighted by molar-refractivity contribution is 6.51. The zero-order valence-electron chi connectivity index (χ0n) is 20.8. The number of Topliss-reactive ketones (excluding diaryl/α,β-unsaturated/α-hetero) is 1. The Kier molecular flexibility index (Phi) is 6.83. The van der Waals surface area contributed by atoms with Crippen molar-refractivity contribution in [2.24, 2.45) is 0 Å². The highest BCUT2D eigenvalue weighted by Crippen LogP contribution is 2.43. The van der Waals surface area contributed by atoms with Gasteiger partial charge in [-0.1, -0.05) is 32.9 Å². The molecule has 182 valence electrons. The molecule has 1 aliphatic heterocycles. The van der Waals surface area contributed by atoms with Gasteiger partial charge in [0.15, 0.2) is 0 Å². The Morgan fingerprint density at radius 3 is 2.34 bits per heavy atom. The third-order valence-electron chi connectivity index (χ3n) is 6.30. The van der Waals surface area contributed by atoms with Gasteiger partial charge in [-0.15, -0.1) is 0 Å². The molecule has 2 heterocycles. The smallest absolute Gasteiger partial charge is 0.300 e. The van der Waals surface area contributed by atoms with Crippen molar-refractivity contribution in [3.05, 3.63) is 88.4 Å². The minimum atomic E-state index is -0.884. The molecule has 4 rings (SSSR count). The summed E-state index contributed by atoms with van der Waals surface area (Å²) in [5, 5.41) is 11.4. The summed E-state index contributed by atoms with van der Waals surface area (Å²) in [4.78, 5) is 28.0. The van der Waals surface area contributed by atoms with E-state index < -0.39 is 17.7 Å². The number of aliphatic hydroxyl groups excluding tert-OH is 1. The Balaban J connectivity index is 1.89. The van der Waals surface area contributed by atoms with Gasteiger partial charge in [-0.05, 0) is 79.8 Å². The number of aliphatic hydroxyl groups is 1. The van der Waals surface area contributed by atoms with Crippen LogP contribution in [0.1, 0.15) is 67.9 Å². The van der Waals surface area contributed by atoms with E-state index in [0.717, 1.165) is 23.3 Å². The van der Waals surface area contributed by atoms with E-state index in [0.29, 0.717) is 29.4 Å². The van der Waals surface area contributed by atoms with Gasteiger partial charge in [-0.25, -0.2) is 0 Å². The van der Waals surface area contributed by atoms with Crippen LogP contribution in [0.2, 0.25) is 0 Å². The third-order valence-corrected chi connectivity index (χ3v) is 6.30. The van der Waals surface area contributed by atoms with Gasteiger partial charge in [0.2, 0.25) is 0 Å². The van der Waals surface area contributed by atoms with Crippen LogP contribution in [-0.4, -0.2) is 23.4 Å². The second kappa shape index (κ2) is 9.82. The van der Waals surface area contributed by atoms with Crippen LogP contribution in [0.3, 0.4) is 0 Å². The highest BCUT2D eigenvalue weighted by atomic mass is 16.5. The molecular formula is C29H31NO5. The van der Waals surface area contributed by atoms with E-state index in [9.17, 15) is 14.7 Å². The Labute approximate surface area is 205 Å². The number of benzene rings is 2. The predicted molar refractivity (Wildman–Crippen MR) is 136 cm³/mol. The van der Waals surface area contributed by atoms with Crippen LogP contribution < -0.4 is 9.64 Å². The summed E-state index contributed by atoms with van der Waals surface area (Å²) in [6.07, 6.45) is 0.857. The molecule has 0 spiro atoms. The molecule has 1 amide bonds. The summed E-state index contributed by atoms with van der Waals surface area (Å²) in [5.41, 5.74) is 3.04. The molecule has 1 saturated heterocycles. The molecule has 0 saturated carbocycles. The van der Waals surface area contributed by atoms with Crippen LogP contribution >= 0.6 is 0 Å². The number of amides is 1. The van der Waals surface area contributed by atoms with Crippen LogP contribution in [0.25, 0.3) is 5.76 Å². The molecule has 1 aromatic heterocycles. The minimum Gasteiger partial charge on any atom is -0.507 e. The van der Waals surface area contributed by atoms with Crippen molar-refractivity contribution >= 4 is 23.1 Å². The van der Waals surface area contributed by atoms with Crippen molar-refractivity contribution in [2.45, 2.75) is 53.0 Å². The van der Waals surface area contributed by atoms with Crippen LogP contribution in [0, 0.1) is 6.92 Å². The number of hydrogen-bond acceptors (Lipinski definition) is 5. The predicted octanol–water partition coefficient (Wildman–Crippen LogP) is 6.30. The monoisotopic (exact) mass is 473 g/mol. The summed E-state index contributed by atoms with van der Waals surface area (Å²) in [6.45, 7) is 10.4. The number of hydrogen-bond donors (Lipinski definition) is 1. The lowest BCUT2D eigenvalue weighted by atomic mass is 9.95. The summed E-state index contributed by atoms with van der Waals surface area (Å²) in [6, 6.07) is 15.5. The summed E-state index contributed by atoms with van der Waals surface area (Å²) >= 11 is 0. The molecule has 1 unspecified atom stereocenters. The van der Waals surface area contributed by atoms with Gasteiger partial charge in [0.1, 0.15) is 29.1 Å². The fourth-order valence-electron chi connectivity index (χ4n) is 4.45. The molecule has 3 aromatic rings. The third kappa shape index (κ3) is 4.48. The molecule has 6 nitrogen and oxygen atoms in total. The average molecular weight is 474 g/mol. The van der Waals surface area contributed by atoms with E-state index in [1.54, 1.807) is 31.2 Å². The molecular weight excluding hydrogens is 442 g/mol. The van der Waals surface area contributed by atoms with Gasteiger partial charge in [0, 0.05) is 11.3 Å². The zero-order valence-corrected chi connectivity index (χ0v) is 20.8. The Bertz CT molecular complexity index is 1280. The van der Waals surface area contributed by atoms with Crippen LogP contribution in [0.15, 0.2) is 64.6 Å². The number of carbonyl (C=O) groups is 2. The summed E-state index contributed by atoms with van der Waals surface area (Å²) in [7, 11) is 0. The number of carbonyl (C=O) groups excluding carboxylic acids is 2. The summed E-state index contributed by atoms with van der Waals surface area (Å²) in [5.74, 6) is 0.236. The standard InChI is InChI=1S/C29H31NO5/c1-6-19-9-12-21(13-10-19)30-26(24-14-8-18(5)35-24)25(28(32)29(30)33)27(31)20-11-15-23(34-7-2)22(16-20)17(3)4/h8-17,26,31H,6-7H2,1-5H3/b27-25-. The maximum absolute atomic E-state index is 13.3. The molecule has 0 bridgehead atoms. The van der Waals surface area contributed by atoms with Crippen LogP contribution in [0.5, 0.6) is 5.75 Å². The quantitative estimate of drug-likeness (QED) is 0.247. The molecule has 1 atom stereocenters. The van der Waals surface area contributed by atoms with E-state index >= 15 is 0 Å². The molecule has 1 fully saturated rings. The van der Waals surface area contributed by atoms with Crippen molar-refractivity contribution in [2.75, 3.05) is 11.5 Å². The van der Waals surface area contributed by atoms with E-state index in [1.807, 2.05) is 51.1 Å². The lowest BCUT2D eigenvalue weighted by molar-refractivity contribution is -0.132. The SMILES string of the molecule is CCOc1ccc(/C(O)=C2/C(=O)C(=O)N(c3ccc(CC)cc3)C2c2ccc(C)o2)cc1C(C)C. The second-order valence-corrected chi connectivity index (χ2v) is 8.98. The van der Waals surface area contributed by atoms with Gasteiger partial charge in [0.05, 0.1) is 12.2 Å². The first-order chi connectivity index (χ1) is 16.8. The van der Waals surface area contributed by atoms with Crippen molar-refractivity contribution in [1.82, 2.24) is 0 Å². The first-order valence-electron chi connectivity index (χ1n) is 12.0. The number of furan rings is 1. The van der Waals surface area contributed by atoms with Gasteiger partial charge in [-0.3, -0.25) is 14.5 Å². The van der Waals surface area contributed by atoms with Gasteiger partial charge in [0.25, 0.3) is 11.7 Å². The van der Waals surface area contributed by atoms with E-state index in [4.69, 9.17) is 9.15 Å². The largest absolute Gasteiger partial charge is 0.507 e. The number of rotatable bonds is 7. The number of ether oxygens (including phenoxy) is 1. The van der Waals surface area contributed by atoms with Crippen molar-refractivity contribution in [1.29, 1.82) is 0 Å². The molecule has 6 heteroatoms. The second-order valence-electron chi connectivity index (χ2n) is 8.98. The van der Waals surface area contributed by atoms with Gasteiger partial charge < -0.3 is 14.3 Å². The Hall–Kier alpha value is -3.80. The van der Waals surface area contributed by atoms with E-state index in [1.165, 1.54) is 4.90 Å². The lowest BCUT2D eigenvalue weighted by Crippen LogP contribution is -2.29. The normalized spacial score (nSPS) is 17.4. The molecule has 0 aliphatic carbocycles. The first-order valence-corrected chi connectivity index (χ1v) is 12.0. The fraction of sp³-hybridized carbons (Fsp3) is 0.310. The van der Waals surface area contributed by atoms with Crippen molar-refractivity contribution < 1.29 is 23.8 Å².